The minimum Gasteiger partial charge on any atom is -0.438 e. The molecule has 0 unspecified atom stereocenters. The number of cyclic esters (lactones) is 2. The Morgan fingerprint density at radius 1 is 0.517 bits per heavy atom. The number of aliphatic hydroxyl groups is 2. The molecule has 0 bridgehead atoms. The summed E-state index contributed by atoms with van der Waals surface area (Å²) in [5.41, 5.74) is -3.73. The molecule has 0 spiro atoms. The monoisotopic (exact) mass is 934 g/mol. The van der Waals surface area contributed by atoms with Crippen molar-refractivity contribution in [1.29, 1.82) is 0 Å². The van der Waals surface area contributed by atoms with Gasteiger partial charge in [0.25, 0.3) is 11.8 Å². The highest BCUT2D eigenvalue weighted by Crippen LogP contribution is 2.47. The first-order valence-corrected chi connectivity index (χ1v) is 20.9. The molecule has 6 aromatic rings. The Morgan fingerprint density at radius 3 is 1.22 bits per heavy atom. The summed E-state index contributed by atoms with van der Waals surface area (Å²) >= 11 is 6.79. The Bertz CT molecular complexity index is 2490. The number of amides is 2. The molecule has 308 valence electrons. The van der Waals surface area contributed by atoms with E-state index in [1.54, 1.807) is 90.1 Å². The van der Waals surface area contributed by atoms with E-state index in [2.05, 4.69) is 31.9 Å². The number of halogens is 2. The predicted molar refractivity (Wildman–Crippen MR) is 236 cm³/mol. The minimum absolute atomic E-state index is 0.376. The molecule has 0 aromatic heterocycles. The van der Waals surface area contributed by atoms with Crippen LogP contribution in [-0.4, -0.2) is 66.3 Å². The van der Waals surface area contributed by atoms with Crippen LogP contribution in [-0.2, 0) is 19.1 Å². The summed E-state index contributed by atoms with van der Waals surface area (Å²) in [6.45, 7) is 9.75. The SMILES string of the molecule is CC1(C)OC(=O)[C@@](C)([C@H](O)c2cccc(Br)c2)N1C(=O)c1cccc2ccccc12.CC1(C)OC(=O)[C@](C)([C@@H](O)c2cccc(Br)c2)N1C(=O)c1cccc2ccccc12. The summed E-state index contributed by atoms with van der Waals surface area (Å²) in [4.78, 5) is 56.4. The molecule has 2 N–H and O–H groups in total. The van der Waals surface area contributed by atoms with Gasteiger partial charge in [-0.25, -0.2) is 9.59 Å². The summed E-state index contributed by atoms with van der Waals surface area (Å²) < 4.78 is 12.7. The van der Waals surface area contributed by atoms with Crippen LogP contribution in [0.5, 0.6) is 0 Å². The minimum atomic E-state index is -1.60. The lowest BCUT2D eigenvalue weighted by Gasteiger charge is -2.40. The average molecular weight is 937 g/mol. The normalized spacial score (nSPS) is 21.5. The fraction of sp³-hybridized carbons (Fsp3) is 0.250. The molecule has 0 radical (unpaired) electrons. The van der Waals surface area contributed by atoms with E-state index in [1.165, 1.54) is 9.80 Å². The summed E-state index contributed by atoms with van der Waals surface area (Å²) in [6.07, 6.45) is -2.55. The van der Waals surface area contributed by atoms with Gasteiger partial charge < -0.3 is 19.7 Å². The van der Waals surface area contributed by atoms with E-state index in [0.29, 0.717) is 22.3 Å². The Kier molecular flexibility index (Phi) is 11.3. The number of aliphatic hydroxyl groups excluding tert-OH is 2. The fourth-order valence-electron chi connectivity index (χ4n) is 8.50. The molecule has 2 fully saturated rings. The van der Waals surface area contributed by atoms with Crippen LogP contribution in [0.1, 0.15) is 85.6 Å². The maximum Gasteiger partial charge on any atom is 0.337 e. The van der Waals surface area contributed by atoms with Crippen molar-refractivity contribution in [3.63, 3.8) is 0 Å². The molecule has 12 heteroatoms. The molecule has 6 aromatic carbocycles. The van der Waals surface area contributed by atoms with Gasteiger partial charge >= 0.3 is 11.9 Å². The van der Waals surface area contributed by atoms with E-state index >= 15 is 0 Å². The number of fused-ring (bicyclic) bond motifs is 2. The van der Waals surface area contributed by atoms with E-state index in [1.807, 2.05) is 84.9 Å². The first-order chi connectivity index (χ1) is 28.3. The van der Waals surface area contributed by atoms with Gasteiger partial charge in [-0.15, -0.1) is 0 Å². The zero-order chi connectivity index (χ0) is 43.4. The Labute approximate surface area is 365 Å². The van der Waals surface area contributed by atoms with E-state index in [4.69, 9.17) is 9.47 Å². The van der Waals surface area contributed by atoms with Crippen molar-refractivity contribution in [3.05, 3.63) is 165 Å². The van der Waals surface area contributed by atoms with Gasteiger partial charge in [-0.3, -0.25) is 19.4 Å². The standard InChI is InChI=1S/2C24H22BrNO4/c2*1-23(2)26(21(28)19-13-7-9-15-8-4-5-12-18(15)19)24(3,22(29)30-23)20(27)16-10-6-11-17(25)14-16/h2*4-14,20,27H,1-3H3/t2*20-,24-/m10/s1. The van der Waals surface area contributed by atoms with Crippen molar-refractivity contribution in [2.45, 2.75) is 76.3 Å². The molecule has 2 aliphatic heterocycles. The quantitative estimate of drug-likeness (QED) is 0.158. The average Bonchev–Trinajstić information content (AvgIpc) is 3.54. The van der Waals surface area contributed by atoms with Crippen LogP contribution in [0.15, 0.2) is 142 Å². The highest BCUT2D eigenvalue weighted by atomic mass is 79.9. The number of carbonyl (C=O) groups excluding carboxylic acids is 4. The van der Waals surface area contributed by atoms with Gasteiger partial charge in [0, 0.05) is 20.1 Å². The molecule has 4 atom stereocenters. The fourth-order valence-corrected chi connectivity index (χ4v) is 9.33. The molecule has 0 saturated carbocycles. The van der Waals surface area contributed by atoms with Gasteiger partial charge in [0.15, 0.2) is 22.5 Å². The van der Waals surface area contributed by atoms with E-state index in [9.17, 15) is 29.4 Å². The molecule has 2 aliphatic rings. The number of rotatable bonds is 6. The van der Waals surface area contributed by atoms with Crippen LogP contribution < -0.4 is 0 Å². The molecule has 2 amide bonds. The van der Waals surface area contributed by atoms with Crippen LogP contribution in [0.25, 0.3) is 21.5 Å². The molecule has 0 aliphatic carbocycles. The number of esters is 2. The number of carbonyl (C=O) groups is 4. The van der Waals surface area contributed by atoms with Gasteiger partial charge in [0.2, 0.25) is 0 Å². The number of hydrogen-bond acceptors (Lipinski definition) is 8. The summed E-state index contributed by atoms with van der Waals surface area (Å²) in [6, 6.07) is 40.2. The van der Waals surface area contributed by atoms with Crippen molar-refractivity contribution in [1.82, 2.24) is 9.80 Å². The maximum absolute atomic E-state index is 13.8. The molecule has 8 rings (SSSR count). The topological polar surface area (TPSA) is 134 Å². The molecule has 60 heavy (non-hydrogen) atoms. The van der Waals surface area contributed by atoms with Gasteiger partial charge in [0.05, 0.1) is 0 Å². The molecule has 10 nitrogen and oxygen atoms in total. The predicted octanol–water partition coefficient (Wildman–Crippen LogP) is 9.66. The van der Waals surface area contributed by atoms with Crippen LogP contribution in [0.4, 0.5) is 0 Å². The van der Waals surface area contributed by atoms with Gasteiger partial charge in [0.1, 0.15) is 12.2 Å². The van der Waals surface area contributed by atoms with Crippen LogP contribution in [0.3, 0.4) is 0 Å². The third kappa shape index (κ3) is 7.29. The molecular formula is C48H44Br2N2O8. The van der Waals surface area contributed by atoms with E-state index in [0.717, 1.165) is 30.5 Å². The van der Waals surface area contributed by atoms with Crippen molar-refractivity contribution >= 4 is 77.2 Å². The van der Waals surface area contributed by atoms with Crippen LogP contribution in [0.2, 0.25) is 0 Å². The molecule has 2 saturated heterocycles. The number of benzene rings is 6. The van der Waals surface area contributed by atoms with Crippen LogP contribution in [0, 0.1) is 0 Å². The van der Waals surface area contributed by atoms with E-state index in [-0.39, 0.29) is 11.8 Å². The zero-order valence-electron chi connectivity index (χ0n) is 33.9. The van der Waals surface area contributed by atoms with E-state index < -0.39 is 46.7 Å². The molecular weight excluding hydrogens is 892 g/mol. The first-order valence-electron chi connectivity index (χ1n) is 19.3. The third-order valence-electron chi connectivity index (χ3n) is 11.4. The van der Waals surface area contributed by atoms with Gasteiger partial charge in [-0.2, -0.15) is 0 Å². The highest BCUT2D eigenvalue weighted by Gasteiger charge is 2.64. The van der Waals surface area contributed by atoms with Crippen molar-refractivity contribution in [2.75, 3.05) is 0 Å². The first kappa shape index (κ1) is 42.7. The van der Waals surface area contributed by atoms with Gasteiger partial charge in [-0.05, 0) is 111 Å². The lowest BCUT2D eigenvalue weighted by atomic mass is 9.86. The van der Waals surface area contributed by atoms with Gasteiger partial charge in [-0.1, -0.05) is 129 Å². The Balaban J connectivity index is 0.000000181. The Morgan fingerprint density at radius 2 is 0.850 bits per heavy atom. The lowest BCUT2D eigenvalue weighted by molar-refractivity contribution is -0.152. The smallest absolute Gasteiger partial charge is 0.337 e. The van der Waals surface area contributed by atoms with Crippen molar-refractivity contribution in [3.8, 4) is 0 Å². The molecule has 2 heterocycles. The summed E-state index contributed by atoms with van der Waals surface area (Å²) in [5, 5.41) is 25.9. The van der Waals surface area contributed by atoms with Crippen LogP contribution >= 0.6 is 31.9 Å². The largest absolute Gasteiger partial charge is 0.438 e. The zero-order valence-corrected chi connectivity index (χ0v) is 37.0. The second-order valence-electron chi connectivity index (χ2n) is 16.2. The second kappa shape index (κ2) is 15.9. The summed E-state index contributed by atoms with van der Waals surface area (Å²) in [7, 11) is 0. The number of nitrogens with zero attached hydrogens (tertiary/aromatic N) is 2. The second-order valence-corrected chi connectivity index (χ2v) is 18.0. The number of hydrogen-bond donors (Lipinski definition) is 2. The van der Waals surface area contributed by atoms with Crippen molar-refractivity contribution < 1.29 is 38.9 Å². The summed E-state index contributed by atoms with van der Waals surface area (Å²) in [5.74, 6) is -2.04. The Hall–Kier alpha value is -5.40. The maximum atomic E-state index is 13.8. The number of ether oxygens (including phenoxy) is 2. The third-order valence-corrected chi connectivity index (χ3v) is 12.3. The van der Waals surface area contributed by atoms with Crippen molar-refractivity contribution in [2.24, 2.45) is 0 Å². The highest BCUT2D eigenvalue weighted by molar-refractivity contribution is 9.10. The lowest BCUT2D eigenvalue weighted by Crippen LogP contribution is -2.58.